The molecule has 1 aliphatic rings. The van der Waals surface area contributed by atoms with E-state index in [4.69, 9.17) is 15.7 Å². The molecule has 2 N–H and O–H groups in total. The smallest absolute Gasteiger partial charge is 0.404 e. The number of hydrogen-bond donors (Lipinski definition) is 1. The van der Waals surface area contributed by atoms with Gasteiger partial charge in [0.15, 0.2) is 0 Å². The zero-order valence-electron chi connectivity index (χ0n) is 11.5. The molecule has 1 amide bonds. The summed E-state index contributed by atoms with van der Waals surface area (Å²) in [7, 11) is 0. The summed E-state index contributed by atoms with van der Waals surface area (Å²) < 4.78 is 6.64. The van der Waals surface area contributed by atoms with Crippen molar-refractivity contribution in [3.63, 3.8) is 0 Å². The Bertz CT molecular complexity index is 507. The van der Waals surface area contributed by atoms with Gasteiger partial charge in [0.05, 0.1) is 11.8 Å². The number of nitriles is 1. The van der Waals surface area contributed by atoms with Crippen LogP contribution in [0.2, 0.25) is 0 Å². The van der Waals surface area contributed by atoms with Gasteiger partial charge in [-0.3, -0.25) is 0 Å². The molecule has 1 aromatic heterocycles. The van der Waals surface area contributed by atoms with E-state index in [9.17, 15) is 4.79 Å². The van der Waals surface area contributed by atoms with Crippen LogP contribution >= 0.6 is 0 Å². The molecule has 0 bridgehead atoms. The van der Waals surface area contributed by atoms with Gasteiger partial charge >= 0.3 is 6.09 Å². The van der Waals surface area contributed by atoms with Crippen molar-refractivity contribution in [1.82, 2.24) is 15.0 Å². The molecule has 0 saturated heterocycles. The second-order valence-electron chi connectivity index (χ2n) is 5.29. The van der Waals surface area contributed by atoms with E-state index in [0.29, 0.717) is 5.92 Å². The summed E-state index contributed by atoms with van der Waals surface area (Å²) in [6.45, 7) is 1.77. The Labute approximate surface area is 117 Å². The van der Waals surface area contributed by atoms with Gasteiger partial charge in [0.25, 0.3) is 0 Å². The Balaban J connectivity index is 1.91. The molecule has 1 fully saturated rings. The summed E-state index contributed by atoms with van der Waals surface area (Å²) in [5.41, 5.74) is 5.93. The molecule has 3 atom stereocenters. The summed E-state index contributed by atoms with van der Waals surface area (Å²) >= 11 is 0. The molecule has 0 radical (unpaired) electrons. The first-order valence-electron chi connectivity index (χ1n) is 6.85. The number of hydrogen-bond acceptors (Lipinski definition) is 5. The van der Waals surface area contributed by atoms with Gasteiger partial charge in [-0.2, -0.15) is 5.26 Å². The maximum Gasteiger partial charge on any atom is 0.404 e. The van der Waals surface area contributed by atoms with E-state index in [1.54, 1.807) is 11.6 Å². The molecule has 20 heavy (non-hydrogen) atoms. The fraction of sp³-hybridized carbons (Fsp3) is 0.692. The molecule has 0 aromatic carbocycles. The number of rotatable bonds is 4. The third-order valence-corrected chi connectivity index (χ3v) is 3.66. The topological polar surface area (TPSA) is 107 Å². The minimum Gasteiger partial charge on any atom is -0.446 e. The largest absolute Gasteiger partial charge is 0.446 e. The average Bonchev–Trinajstić information content (AvgIpc) is 2.86. The number of nitrogens with zero attached hydrogens (tertiary/aromatic N) is 4. The summed E-state index contributed by atoms with van der Waals surface area (Å²) in [5.74, 6) is 0.413. The van der Waals surface area contributed by atoms with Crippen LogP contribution < -0.4 is 5.73 Å². The van der Waals surface area contributed by atoms with Crippen molar-refractivity contribution in [2.75, 3.05) is 0 Å². The molecule has 1 heterocycles. The Morgan fingerprint density at radius 1 is 1.70 bits per heavy atom. The van der Waals surface area contributed by atoms with Gasteiger partial charge in [0.2, 0.25) is 0 Å². The lowest BCUT2D eigenvalue weighted by atomic mass is 9.84. The molecule has 1 aromatic rings. The van der Waals surface area contributed by atoms with E-state index >= 15 is 0 Å². The SMILES string of the molecule is C[C@H](C#N)n1cc(CC2CCC[C@H](OC(N)=O)C2)nn1. The van der Waals surface area contributed by atoms with Crippen molar-refractivity contribution in [2.24, 2.45) is 11.7 Å². The molecule has 2 rings (SSSR count). The number of nitrogens with two attached hydrogens (primary N) is 1. The lowest BCUT2D eigenvalue weighted by Gasteiger charge is -2.27. The quantitative estimate of drug-likeness (QED) is 0.898. The van der Waals surface area contributed by atoms with Gasteiger partial charge in [-0.15, -0.1) is 5.10 Å². The lowest BCUT2D eigenvalue weighted by Crippen LogP contribution is -2.28. The normalized spacial score (nSPS) is 23.8. The molecule has 7 heteroatoms. The van der Waals surface area contributed by atoms with Gasteiger partial charge < -0.3 is 10.5 Å². The van der Waals surface area contributed by atoms with E-state index in [0.717, 1.165) is 37.8 Å². The number of carbonyl (C=O) groups excluding carboxylic acids is 1. The minimum atomic E-state index is -0.704. The van der Waals surface area contributed by atoms with Crippen molar-refractivity contribution in [3.8, 4) is 6.07 Å². The lowest BCUT2D eigenvalue weighted by molar-refractivity contribution is 0.0659. The highest BCUT2D eigenvalue weighted by atomic mass is 16.6. The van der Waals surface area contributed by atoms with Crippen LogP contribution in [0, 0.1) is 17.2 Å². The molecule has 1 unspecified atom stereocenters. The van der Waals surface area contributed by atoms with Crippen LogP contribution in [0.25, 0.3) is 0 Å². The second-order valence-corrected chi connectivity index (χ2v) is 5.29. The van der Waals surface area contributed by atoms with Crippen LogP contribution in [0.15, 0.2) is 6.20 Å². The molecule has 0 spiro atoms. The van der Waals surface area contributed by atoms with Crippen LogP contribution in [0.3, 0.4) is 0 Å². The minimum absolute atomic E-state index is 0.0840. The van der Waals surface area contributed by atoms with Crippen molar-refractivity contribution in [3.05, 3.63) is 11.9 Å². The van der Waals surface area contributed by atoms with Crippen LogP contribution in [0.1, 0.15) is 44.3 Å². The molecule has 1 aliphatic carbocycles. The van der Waals surface area contributed by atoms with Crippen molar-refractivity contribution < 1.29 is 9.53 Å². The van der Waals surface area contributed by atoms with Crippen LogP contribution in [0.5, 0.6) is 0 Å². The van der Waals surface area contributed by atoms with E-state index in [2.05, 4.69) is 16.4 Å². The third-order valence-electron chi connectivity index (χ3n) is 3.66. The maximum atomic E-state index is 10.8. The zero-order chi connectivity index (χ0) is 14.5. The molecule has 0 aliphatic heterocycles. The van der Waals surface area contributed by atoms with Crippen molar-refractivity contribution >= 4 is 6.09 Å². The van der Waals surface area contributed by atoms with Gasteiger partial charge in [0.1, 0.15) is 12.1 Å². The number of aromatic nitrogens is 3. The predicted octanol–water partition coefficient (Wildman–Crippen LogP) is 1.56. The van der Waals surface area contributed by atoms with Crippen LogP contribution in [0.4, 0.5) is 4.79 Å². The van der Waals surface area contributed by atoms with Crippen molar-refractivity contribution in [1.29, 1.82) is 5.26 Å². The van der Waals surface area contributed by atoms with Gasteiger partial charge in [-0.1, -0.05) is 5.21 Å². The number of amides is 1. The highest BCUT2D eigenvalue weighted by Crippen LogP contribution is 2.28. The molecule has 1 saturated carbocycles. The van der Waals surface area contributed by atoms with Crippen LogP contribution in [-0.2, 0) is 11.2 Å². The van der Waals surface area contributed by atoms with E-state index in [1.165, 1.54) is 0 Å². The first-order valence-corrected chi connectivity index (χ1v) is 6.85. The number of primary amides is 1. The van der Waals surface area contributed by atoms with E-state index in [1.807, 2.05) is 6.20 Å². The highest BCUT2D eigenvalue weighted by Gasteiger charge is 2.25. The van der Waals surface area contributed by atoms with Gasteiger partial charge in [0, 0.05) is 6.20 Å². The highest BCUT2D eigenvalue weighted by molar-refractivity contribution is 5.64. The Kier molecular flexibility index (Phi) is 4.56. The predicted molar refractivity (Wildman–Crippen MR) is 70.5 cm³/mol. The van der Waals surface area contributed by atoms with Crippen molar-refractivity contribution in [2.45, 2.75) is 51.2 Å². The number of ether oxygens (including phenoxy) is 1. The second kappa shape index (κ2) is 6.37. The zero-order valence-corrected chi connectivity index (χ0v) is 11.5. The van der Waals surface area contributed by atoms with Gasteiger partial charge in [-0.05, 0) is 44.9 Å². The third kappa shape index (κ3) is 3.70. The van der Waals surface area contributed by atoms with E-state index < -0.39 is 6.09 Å². The van der Waals surface area contributed by atoms with Crippen LogP contribution in [-0.4, -0.2) is 27.2 Å². The average molecular weight is 277 g/mol. The molecule has 108 valence electrons. The molecular formula is C13H19N5O2. The first kappa shape index (κ1) is 14.3. The summed E-state index contributed by atoms with van der Waals surface area (Å²) in [6.07, 6.45) is 5.60. The Hall–Kier alpha value is -2.10. The first-order chi connectivity index (χ1) is 9.58. The summed E-state index contributed by atoms with van der Waals surface area (Å²) in [4.78, 5) is 10.8. The maximum absolute atomic E-state index is 10.8. The Morgan fingerprint density at radius 2 is 2.50 bits per heavy atom. The fourth-order valence-corrected chi connectivity index (χ4v) is 2.65. The monoisotopic (exact) mass is 277 g/mol. The van der Waals surface area contributed by atoms with E-state index in [-0.39, 0.29) is 12.1 Å². The van der Waals surface area contributed by atoms with Gasteiger partial charge in [-0.25, -0.2) is 9.48 Å². The molecular weight excluding hydrogens is 258 g/mol. The Morgan fingerprint density at radius 3 is 3.20 bits per heavy atom. The fourth-order valence-electron chi connectivity index (χ4n) is 2.65. The standard InChI is InChI=1S/C13H19N5O2/c1-9(7-14)18-8-11(16-17-18)5-10-3-2-4-12(6-10)20-13(15)19/h8-10,12H,2-6H2,1H3,(H2,15,19)/t9-,10?,12+/m1/s1. The summed E-state index contributed by atoms with van der Waals surface area (Å²) in [5, 5.41) is 16.9. The molecule has 7 nitrogen and oxygen atoms in total. The summed E-state index contributed by atoms with van der Waals surface area (Å²) in [6, 6.07) is 1.80. The number of carbonyl (C=O) groups is 1.